The van der Waals surface area contributed by atoms with Crippen LogP contribution in [0, 0.1) is 17.1 Å². The molecule has 0 radical (unpaired) electrons. The monoisotopic (exact) mass is 502 g/mol. The van der Waals surface area contributed by atoms with Gasteiger partial charge in [-0.05, 0) is 42.3 Å². The van der Waals surface area contributed by atoms with E-state index in [1.807, 2.05) is 0 Å². The molecule has 2 aromatic carbocycles. The Morgan fingerprint density at radius 3 is 2.42 bits per heavy atom. The topological polar surface area (TPSA) is 84.7 Å². The largest absolute Gasteiger partial charge is 0.416 e. The van der Waals surface area contributed by atoms with Gasteiger partial charge in [0.2, 0.25) is 11.8 Å². The van der Waals surface area contributed by atoms with E-state index < -0.39 is 41.5 Å². The van der Waals surface area contributed by atoms with E-state index in [4.69, 9.17) is 5.26 Å². The van der Waals surface area contributed by atoms with E-state index in [1.54, 1.807) is 13.0 Å². The summed E-state index contributed by atoms with van der Waals surface area (Å²) in [4.78, 5) is 43.4. The standard InChI is InChI=1S/C25H22F4N4O3/c1-2-21(34)31-10-9-24(15-31)23(36)32(20-8-5-17(12-30)11-19(20)26)14-22(35)33(24)13-16-3-6-18(7-4-16)25(27,28)29/h3-8,11H,2,9-10,13-15H2,1H3. The first-order valence-electron chi connectivity index (χ1n) is 11.3. The average Bonchev–Trinajstić information content (AvgIpc) is 3.30. The van der Waals surface area contributed by atoms with Crippen LogP contribution in [0.15, 0.2) is 42.5 Å². The zero-order valence-electron chi connectivity index (χ0n) is 19.3. The van der Waals surface area contributed by atoms with E-state index >= 15 is 0 Å². The van der Waals surface area contributed by atoms with Crippen molar-refractivity contribution in [3.63, 3.8) is 0 Å². The summed E-state index contributed by atoms with van der Waals surface area (Å²) in [5, 5.41) is 9.01. The Labute approximate surface area is 204 Å². The second-order valence-corrected chi connectivity index (χ2v) is 8.79. The van der Waals surface area contributed by atoms with Crippen LogP contribution in [0.25, 0.3) is 0 Å². The summed E-state index contributed by atoms with van der Waals surface area (Å²) in [5.74, 6) is -2.20. The second kappa shape index (κ2) is 9.26. The lowest BCUT2D eigenvalue weighted by Crippen LogP contribution is -2.69. The van der Waals surface area contributed by atoms with E-state index in [0.717, 1.165) is 23.1 Å². The number of hydrogen-bond acceptors (Lipinski definition) is 4. The number of anilines is 1. The van der Waals surface area contributed by atoms with Crippen molar-refractivity contribution in [2.75, 3.05) is 24.5 Å². The maximum atomic E-state index is 14.8. The summed E-state index contributed by atoms with van der Waals surface area (Å²) < 4.78 is 53.7. The molecule has 7 nitrogen and oxygen atoms in total. The van der Waals surface area contributed by atoms with Gasteiger partial charge in [-0.2, -0.15) is 18.4 Å². The Bertz CT molecular complexity index is 1260. The van der Waals surface area contributed by atoms with Gasteiger partial charge in [0.25, 0.3) is 5.91 Å². The van der Waals surface area contributed by atoms with Crippen LogP contribution in [0.5, 0.6) is 0 Å². The number of amides is 3. The number of piperazine rings is 1. The number of likely N-dealkylation sites (tertiary alicyclic amines) is 1. The first-order chi connectivity index (χ1) is 17.0. The van der Waals surface area contributed by atoms with Crippen molar-refractivity contribution in [1.82, 2.24) is 9.80 Å². The first-order valence-corrected chi connectivity index (χ1v) is 11.3. The molecule has 3 amide bonds. The van der Waals surface area contributed by atoms with Crippen LogP contribution < -0.4 is 4.90 Å². The minimum absolute atomic E-state index is 0.0475. The number of carbonyl (C=O) groups is 3. The van der Waals surface area contributed by atoms with Crippen LogP contribution in [0.2, 0.25) is 0 Å². The van der Waals surface area contributed by atoms with Crippen LogP contribution in [-0.4, -0.2) is 52.7 Å². The molecular weight excluding hydrogens is 480 g/mol. The van der Waals surface area contributed by atoms with Crippen LogP contribution >= 0.6 is 0 Å². The fraction of sp³-hybridized carbons (Fsp3) is 0.360. The van der Waals surface area contributed by atoms with Gasteiger partial charge in [-0.3, -0.25) is 19.3 Å². The number of nitrogens with zero attached hydrogens (tertiary/aromatic N) is 4. The summed E-state index contributed by atoms with van der Waals surface area (Å²) in [5.41, 5.74) is -2.09. The summed E-state index contributed by atoms with van der Waals surface area (Å²) >= 11 is 0. The lowest BCUT2D eigenvalue weighted by atomic mass is 9.89. The van der Waals surface area contributed by atoms with E-state index in [2.05, 4.69) is 0 Å². The summed E-state index contributed by atoms with van der Waals surface area (Å²) in [7, 11) is 0. The molecule has 2 saturated heterocycles. The Morgan fingerprint density at radius 1 is 1.14 bits per heavy atom. The molecule has 1 spiro atoms. The van der Waals surface area contributed by atoms with Crippen molar-refractivity contribution in [2.45, 2.75) is 38.0 Å². The predicted molar refractivity (Wildman–Crippen MR) is 120 cm³/mol. The van der Waals surface area contributed by atoms with Crippen LogP contribution in [-0.2, 0) is 27.1 Å². The van der Waals surface area contributed by atoms with Gasteiger partial charge in [0.05, 0.1) is 29.4 Å². The number of nitriles is 1. The summed E-state index contributed by atoms with van der Waals surface area (Å²) in [6.45, 7) is 1.10. The van der Waals surface area contributed by atoms with Crippen molar-refractivity contribution >= 4 is 23.4 Å². The van der Waals surface area contributed by atoms with Crippen molar-refractivity contribution in [3.8, 4) is 6.07 Å². The van der Waals surface area contributed by atoms with Gasteiger partial charge in [0.1, 0.15) is 17.9 Å². The molecule has 0 bridgehead atoms. The van der Waals surface area contributed by atoms with Gasteiger partial charge < -0.3 is 9.80 Å². The van der Waals surface area contributed by atoms with Crippen molar-refractivity contribution in [2.24, 2.45) is 0 Å². The molecule has 0 N–H and O–H groups in total. The third-order valence-electron chi connectivity index (χ3n) is 6.65. The predicted octanol–water partition coefficient (Wildman–Crippen LogP) is 3.47. The third-order valence-corrected chi connectivity index (χ3v) is 6.65. The Hall–Kier alpha value is -3.94. The third kappa shape index (κ3) is 4.39. The van der Waals surface area contributed by atoms with E-state index in [9.17, 15) is 31.9 Å². The quantitative estimate of drug-likeness (QED) is 0.600. The molecule has 0 aromatic heterocycles. The molecule has 2 heterocycles. The van der Waals surface area contributed by atoms with Crippen molar-refractivity contribution in [3.05, 3.63) is 65.0 Å². The summed E-state index contributed by atoms with van der Waals surface area (Å²) in [6.07, 6.45) is -4.24. The molecule has 36 heavy (non-hydrogen) atoms. The van der Waals surface area contributed by atoms with Crippen LogP contribution in [0.1, 0.15) is 36.5 Å². The van der Waals surface area contributed by atoms with E-state index in [0.29, 0.717) is 5.56 Å². The van der Waals surface area contributed by atoms with Gasteiger partial charge in [-0.25, -0.2) is 4.39 Å². The molecule has 2 aromatic rings. The SMILES string of the molecule is CCC(=O)N1CCC2(C1)C(=O)N(c1ccc(C#N)cc1F)CC(=O)N2Cc1ccc(C(F)(F)F)cc1. The Morgan fingerprint density at radius 2 is 1.83 bits per heavy atom. The highest BCUT2D eigenvalue weighted by molar-refractivity contribution is 6.10. The van der Waals surface area contributed by atoms with Gasteiger partial charge in [0, 0.05) is 19.5 Å². The summed E-state index contributed by atoms with van der Waals surface area (Å²) in [6, 6.07) is 9.64. The van der Waals surface area contributed by atoms with Gasteiger partial charge in [-0.15, -0.1) is 0 Å². The first kappa shape index (κ1) is 25.2. The molecule has 1 unspecified atom stereocenters. The van der Waals surface area contributed by atoms with Crippen molar-refractivity contribution < 1.29 is 31.9 Å². The maximum absolute atomic E-state index is 14.8. The number of alkyl halides is 3. The van der Waals surface area contributed by atoms with Crippen molar-refractivity contribution in [1.29, 1.82) is 5.26 Å². The Balaban J connectivity index is 1.71. The highest BCUT2D eigenvalue weighted by Gasteiger charge is 2.57. The lowest BCUT2D eigenvalue weighted by Gasteiger charge is -2.47. The van der Waals surface area contributed by atoms with Gasteiger partial charge in [0.15, 0.2) is 0 Å². The molecular formula is C25H22F4N4O3. The molecule has 2 fully saturated rings. The number of halogens is 4. The molecule has 1 atom stereocenters. The van der Waals surface area contributed by atoms with Gasteiger partial charge in [-0.1, -0.05) is 19.1 Å². The normalized spacial score (nSPS) is 20.3. The molecule has 2 aliphatic heterocycles. The van der Waals surface area contributed by atoms with Gasteiger partial charge >= 0.3 is 6.18 Å². The van der Waals surface area contributed by atoms with E-state index in [1.165, 1.54) is 34.1 Å². The highest BCUT2D eigenvalue weighted by Crippen LogP contribution is 2.38. The van der Waals surface area contributed by atoms with Crippen LogP contribution in [0.3, 0.4) is 0 Å². The maximum Gasteiger partial charge on any atom is 0.416 e. The van der Waals surface area contributed by atoms with Crippen LogP contribution in [0.4, 0.5) is 23.2 Å². The number of rotatable bonds is 4. The average molecular weight is 502 g/mol. The minimum atomic E-state index is -4.52. The molecule has 0 saturated carbocycles. The lowest BCUT2D eigenvalue weighted by molar-refractivity contribution is -0.151. The fourth-order valence-corrected chi connectivity index (χ4v) is 4.73. The fourth-order valence-electron chi connectivity index (χ4n) is 4.73. The number of carbonyl (C=O) groups excluding carboxylic acids is 3. The molecule has 188 valence electrons. The molecule has 11 heteroatoms. The molecule has 0 aliphatic carbocycles. The minimum Gasteiger partial charge on any atom is -0.340 e. The zero-order valence-corrected chi connectivity index (χ0v) is 19.3. The zero-order chi connectivity index (χ0) is 26.3. The molecule has 2 aliphatic rings. The Kier molecular flexibility index (Phi) is 6.47. The van der Waals surface area contributed by atoms with E-state index in [-0.39, 0.29) is 49.6 Å². The highest BCUT2D eigenvalue weighted by atomic mass is 19.4. The number of benzene rings is 2. The molecule has 4 rings (SSSR count). The number of hydrogen-bond donors (Lipinski definition) is 0. The second-order valence-electron chi connectivity index (χ2n) is 8.79. The smallest absolute Gasteiger partial charge is 0.340 e.